The fraction of sp³-hybridized carbons (Fsp3) is 0.417. The van der Waals surface area contributed by atoms with Crippen LogP contribution in [0.3, 0.4) is 0 Å². The Morgan fingerprint density at radius 2 is 2.00 bits per heavy atom. The molecule has 1 aromatic carbocycles. The molecule has 0 atom stereocenters. The number of benzene rings is 1. The maximum atomic E-state index is 11.4. The predicted octanol–water partition coefficient (Wildman–Crippen LogP) is 3.10. The van der Waals surface area contributed by atoms with E-state index >= 15 is 0 Å². The third-order valence-electron chi connectivity index (χ3n) is 2.62. The number of aryl methyl sites for hydroxylation is 1. The van der Waals surface area contributed by atoms with E-state index in [0.717, 1.165) is 18.5 Å². The van der Waals surface area contributed by atoms with Gasteiger partial charge in [-0.15, -0.1) is 0 Å². The van der Waals surface area contributed by atoms with Crippen LogP contribution in [0.1, 0.15) is 24.8 Å². The fourth-order valence-corrected chi connectivity index (χ4v) is 1.42. The molecule has 2 rings (SSSR count). The minimum absolute atomic E-state index is 0.135. The number of hydrogen-bond donors (Lipinski definition) is 1. The van der Waals surface area contributed by atoms with Crippen LogP contribution in [-0.4, -0.2) is 12.2 Å². The zero-order chi connectivity index (χ0) is 10.7. The molecular formula is C12H15NO2. The van der Waals surface area contributed by atoms with Crippen LogP contribution in [-0.2, 0) is 4.74 Å². The fourth-order valence-electron chi connectivity index (χ4n) is 1.42. The molecule has 0 aromatic heterocycles. The molecule has 15 heavy (non-hydrogen) atoms. The van der Waals surface area contributed by atoms with Crippen LogP contribution < -0.4 is 5.32 Å². The van der Waals surface area contributed by atoms with Crippen molar-refractivity contribution in [3.63, 3.8) is 0 Å². The lowest BCUT2D eigenvalue weighted by molar-refractivity contribution is 0.0624. The second-order valence-corrected chi connectivity index (χ2v) is 3.95. The molecular weight excluding hydrogens is 190 g/mol. The molecule has 0 aliphatic heterocycles. The van der Waals surface area contributed by atoms with E-state index in [1.807, 2.05) is 31.2 Å². The van der Waals surface area contributed by atoms with Crippen LogP contribution in [0.15, 0.2) is 24.3 Å². The summed E-state index contributed by atoms with van der Waals surface area (Å²) in [4.78, 5) is 11.4. The van der Waals surface area contributed by atoms with Gasteiger partial charge in [-0.2, -0.15) is 0 Å². The quantitative estimate of drug-likeness (QED) is 0.805. The van der Waals surface area contributed by atoms with E-state index < -0.39 is 0 Å². The number of anilines is 1. The number of carbonyl (C=O) groups is 1. The van der Waals surface area contributed by atoms with Crippen LogP contribution in [0, 0.1) is 6.92 Å². The summed E-state index contributed by atoms with van der Waals surface area (Å²) in [7, 11) is 0. The molecule has 0 radical (unpaired) electrons. The molecule has 0 saturated heterocycles. The second-order valence-electron chi connectivity index (χ2n) is 3.95. The number of carbonyl (C=O) groups excluding carboxylic acids is 1. The third-order valence-corrected chi connectivity index (χ3v) is 2.62. The maximum absolute atomic E-state index is 11.4. The summed E-state index contributed by atoms with van der Waals surface area (Å²) in [5, 5.41) is 2.71. The van der Waals surface area contributed by atoms with Crippen LogP contribution in [0.25, 0.3) is 0 Å². The van der Waals surface area contributed by atoms with Gasteiger partial charge in [0.15, 0.2) is 0 Å². The summed E-state index contributed by atoms with van der Waals surface area (Å²) in [6.07, 6.45) is 2.96. The lowest BCUT2D eigenvalue weighted by Crippen LogP contribution is -2.27. The highest BCUT2D eigenvalue weighted by molar-refractivity contribution is 5.84. The first kappa shape index (κ1) is 10.0. The number of ether oxygens (including phenoxy) is 1. The lowest BCUT2D eigenvalue weighted by atomic mass is 9.96. The number of amides is 1. The van der Waals surface area contributed by atoms with Crippen molar-refractivity contribution in [2.45, 2.75) is 32.3 Å². The molecule has 1 saturated carbocycles. The van der Waals surface area contributed by atoms with E-state index in [1.54, 1.807) is 0 Å². The maximum Gasteiger partial charge on any atom is 0.411 e. The van der Waals surface area contributed by atoms with E-state index in [0.29, 0.717) is 0 Å². The molecule has 0 bridgehead atoms. The Morgan fingerprint density at radius 1 is 1.33 bits per heavy atom. The summed E-state index contributed by atoms with van der Waals surface area (Å²) in [5.74, 6) is 0. The topological polar surface area (TPSA) is 38.3 Å². The monoisotopic (exact) mass is 205 g/mol. The van der Waals surface area contributed by atoms with E-state index in [4.69, 9.17) is 4.74 Å². The predicted molar refractivity (Wildman–Crippen MR) is 58.9 cm³/mol. The molecule has 0 spiro atoms. The number of hydrogen-bond acceptors (Lipinski definition) is 2. The van der Waals surface area contributed by atoms with Crippen molar-refractivity contribution < 1.29 is 9.53 Å². The molecule has 1 aliphatic rings. The van der Waals surface area contributed by atoms with Gasteiger partial charge in [0.2, 0.25) is 0 Å². The highest BCUT2D eigenvalue weighted by atomic mass is 16.6. The SMILES string of the molecule is Cc1ccc(NC(=O)OC2CCC2)cc1. The van der Waals surface area contributed by atoms with Gasteiger partial charge in [0.25, 0.3) is 0 Å². The molecule has 1 amide bonds. The van der Waals surface area contributed by atoms with Gasteiger partial charge in [-0.3, -0.25) is 5.32 Å². The van der Waals surface area contributed by atoms with Crippen LogP contribution in [0.5, 0.6) is 0 Å². The molecule has 1 aromatic rings. The Morgan fingerprint density at radius 3 is 2.53 bits per heavy atom. The third kappa shape index (κ3) is 2.72. The van der Waals surface area contributed by atoms with E-state index in [2.05, 4.69) is 5.32 Å². The zero-order valence-electron chi connectivity index (χ0n) is 8.82. The van der Waals surface area contributed by atoms with E-state index in [9.17, 15) is 4.79 Å². The van der Waals surface area contributed by atoms with Crippen molar-refractivity contribution in [2.24, 2.45) is 0 Å². The molecule has 0 unspecified atom stereocenters. The summed E-state index contributed by atoms with van der Waals surface area (Å²) >= 11 is 0. The zero-order valence-corrected chi connectivity index (χ0v) is 8.82. The van der Waals surface area contributed by atoms with Crippen molar-refractivity contribution in [3.8, 4) is 0 Å². The van der Waals surface area contributed by atoms with Crippen molar-refractivity contribution in [3.05, 3.63) is 29.8 Å². The van der Waals surface area contributed by atoms with Crippen LogP contribution in [0.2, 0.25) is 0 Å². The summed E-state index contributed by atoms with van der Waals surface area (Å²) in [5.41, 5.74) is 1.96. The van der Waals surface area contributed by atoms with Crippen molar-refractivity contribution in [1.82, 2.24) is 0 Å². The molecule has 3 heteroatoms. The van der Waals surface area contributed by atoms with Crippen LogP contribution in [0.4, 0.5) is 10.5 Å². The summed E-state index contributed by atoms with van der Waals surface area (Å²) < 4.78 is 5.17. The number of nitrogens with one attached hydrogen (secondary N) is 1. The highest BCUT2D eigenvalue weighted by Gasteiger charge is 2.21. The Kier molecular flexibility index (Phi) is 2.90. The van der Waals surface area contributed by atoms with Crippen molar-refractivity contribution in [1.29, 1.82) is 0 Å². The minimum Gasteiger partial charge on any atom is -0.446 e. The first-order valence-corrected chi connectivity index (χ1v) is 5.28. The van der Waals surface area contributed by atoms with E-state index in [-0.39, 0.29) is 12.2 Å². The molecule has 1 fully saturated rings. The Hall–Kier alpha value is -1.51. The van der Waals surface area contributed by atoms with Crippen molar-refractivity contribution in [2.75, 3.05) is 5.32 Å². The largest absolute Gasteiger partial charge is 0.446 e. The van der Waals surface area contributed by atoms with Gasteiger partial charge >= 0.3 is 6.09 Å². The van der Waals surface area contributed by atoms with Gasteiger partial charge in [0.05, 0.1) is 0 Å². The Bertz CT molecular complexity index is 341. The summed E-state index contributed by atoms with van der Waals surface area (Å²) in [6.45, 7) is 2.01. The second kappa shape index (κ2) is 4.34. The number of rotatable bonds is 2. The average Bonchev–Trinajstić information content (AvgIpc) is 2.16. The lowest BCUT2D eigenvalue weighted by Gasteiger charge is -2.25. The van der Waals surface area contributed by atoms with Gasteiger partial charge in [0, 0.05) is 5.69 Å². The smallest absolute Gasteiger partial charge is 0.411 e. The van der Waals surface area contributed by atoms with Gasteiger partial charge in [-0.1, -0.05) is 17.7 Å². The Balaban J connectivity index is 1.84. The van der Waals surface area contributed by atoms with Gasteiger partial charge in [-0.25, -0.2) is 4.79 Å². The van der Waals surface area contributed by atoms with Crippen LogP contribution >= 0.6 is 0 Å². The molecule has 0 heterocycles. The standard InChI is InChI=1S/C12H15NO2/c1-9-5-7-10(8-6-9)13-12(14)15-11-3-2-4-11/h5-8,11H,2-4H2,1H3,(H,13,14). The van der Waals surface area contributed by atoms with Crippen molar-refractivity contribution >= 4 is 11.8 Å². The summed E-state index contributed by atoms with van der Waals surface area (Å²) in [6, 6.07) is 7.66. The highest BCUT2D eigenvalue weighted by Crippen LogP contribution is 2.22. The Labute approximate surface area is 89.4 Å². The molecule has 1 aliphatic carbocycles. The van der Waals surface area contributed by atoms with Gasteiger partial charge in [-0.05, 0) is 38.3 Å². The normalized spacial score (nSPS) is 15.5. The van der Waals surface area contributed by atoms with Gasteiger partial charge < -0.3 is 4.74 Å². The molecule has 80 valence electrons. The molecule has 3 nitrogen and oxygen atoms in total. The first-order chi connectivity index (χ1) is 7.24. The molecule has 1 N–H and O–H groups in total. The van der Waals surface area contributed by atoms with Gasteiger partial charge in [0.1, 0.15) is 6.10 Å². The van der Waals surface area contributed by atoms with E-state index in [1.165, 1.54) is 12.0 Å². The first-order valence-electron chi connectivity index (χ1n) is 5.28. The minimum atomic E-state index is -0.344. The average molecular weight is 205 g/mol.